The van der Waals surface area contributed by atoms with E-state index in [1.807, 2.05) is 12.3 Å². The largest absolute Gasteiger partial charge is 0.369 e. The second-order valence-electron chi connectivity index (χ2n) is 6.03. The maximum absolute atomic E-state index is 4.51. The van der Waals surface area contributed by atoms with Crippen molar-refractivity contribution in [2.24, 2.45) is 17.8 Å². The molecule has 1 aromatic carbocycles. The third kappa shape index (κ3) is 3.32. The van der Waals surface area contributed by atoms with Crippen LogP contribution in [0.5, 0.6) is 0 Å². The first kappa shape index (κ1) is 15.3. The summed E-state index contributed by atoms with van der Waals surface area (Å²) in [5.74, 6) is 2.97. The molecule has 0 amide bonds. The first-order valence-electron chi connectivity index (χ1n) is 7.27. The molecule has 0 aliphatic carbocycles. The number of nitrogens with zero attached hydrogens (tertiary/aromatic N) is 1. The Bertz CT molecular complexity index is 570. The molecule has 3 heteroatoms. The number of rotatable bonds is 5. The van der Waals surface area contributed by atoms with Crippen LogP contribution in [0.2, 0.25) is 0 Å². The third-order valence-corrected chi connectivity index (χ3v) is 4.66. The van der Waals surface area contributed by atoms with E-state index < -0.39 is 0 Å². The molecule has 0 atom stereocenters. The highest BCUT2D eigenvalue weighted by atomic mass is 79.9. The van der Waals surface area contributed by atoms with E-state index in [1.165, 1.54) is 10.8 Å². The topological polar surface area (TPSA) is 24.9 Å². The van der Waals surface area contributed by atoms with E-state index in [4.69, 9.17) is 0 Å². The third-order valence-electron chi connectivity index (χ3n) is 3.97. The first-order valence-corrected chi connectivity index (χ1v) is 8.07. The van der Waals surface area contributed by atoms with Gasteiger partial charge in [-0.25, -0.2) is 4.98 Å². The smallest absolute Gasteiger partial charge is 0.133 e. The van der Waals surface area contributed by atoms with Gasteiger partial charge in [0, 0.05) is 28.0 Å². The molecule has 0 saturated heterocycles. The monoisotopic (exact) mass is 334 g/mol. The molecule has 1 heterocycles. The van der Waals surface area contributed by atoms with Crippen LogP contribution in [0.4, 0.5) is 5.82 Å². The molecule has 2 rings (SSSR count). The van der Waals surface area contributed by atoms with Gasteiger partial charge in [0.25, 0.3) is 0 Å². The Kier molecular flexibility index (Phi) is 5.03. The van der Waals surface area contributed by atoms with E-state index in [0.29, 0.717) is 17.8 Å². The van der Waals surface area contributed by atoms with Gasteiger partial charge in [0.1, 0.15) is 5.82 Å². The lowest BCUT2D eigenvalue weighted by Crippen LogP contribution is -2.24. The molecule has 2 nitrogen and oxygen atoms in total. The molecule has 0 aliphatic rings. The second kappa shape index (κ2) is 6.57. The highest BCUT2D eigenvalue weighted by molar-refractivity contribution is 9.10. The summed E-state index contributed by atoms with van der Waals surface area (Å²) in [6.45, 7) is 10.1. The molecule has 1 aromatic heterocycles. The summed E-state index contributed by atoms with van der Waals surface area (Å²) in [5, 5.41) is 5.92. The van der Waals surface area contributed by atoms with E-state index in [0.717, 1.165) is 16.8 Å². The molecule has 0 radical (unpaired) electrons. The fourth-order valence-electron chi connectivity index (χ4n) is 2.77. The molecule has 2 aromatic rings. The van der Waals surface area contributed by atoms with Gasteiger partial charge in [0.15, 0.2) is 0 Å². The van der Waals surface area contributed by atoms with Crippen LogP contribution in [-0.4, -0.2) is 11.5 Å². The van der Waals surface area contributed by atoms with Gasteiger partial charge in [-0.05, 0) is 29.9 Å². The Morgan fingerprint density at radius 2 is 1.75 bits per heavy atom. The minimum absolute atomic E-state index is 0.652. The zero-order valence-electron chi connectivity index (χ0n) is 12.7. The minimum atomic E-state index is 0.652. The molecular weight excluding hydrogens is 312 g/mol. The molecule has 0 unspecified atom stereocenters. The molecule has 20 heavy (non-hydrogen) atoms. The normalized spacial score (nSPS) is 11.8. The summed E-state index contributed by atoms with van der Waals surface area (Å²) in [5.41, 5.74) is 0. The SMILES string of the molecule is CC(C)C(CNc1nccc2c(Br)cccc12)C(C)C. The Morgan fingerprint density at radius 3 is 2.40 bits per heavy atom. The zero-order valence-corrected chi connectivity index (χ0v) is 14.2. The van der Waals surface area contributed by atoms with E-state index in [-0.39, 0.29) is 0 Å². The van der Waals surface area contributed by atoms with Crippen LogP contribution >= 0.6 is 15.9 Å². The number of pyridine rings is 1. The lowest BCUT2D eigenvalue weighted by molar-refractivity contribution is 0.304. The van der Waals surface area contributed by atoms with Crippen molar-refractivity contribution in [1.29, 1.82) is 0 Å². The maximum Gasteiger partial charge on any atom is 0.133 e. The standard InChI is InChI=1S/C17H23BrN2/c1-11(2)15(12(3)4)10-20-17-14-6-5-7-16(18)13(14)8-9-19-17/h5-9,11-12,15H,10H2,1-4H3,(H,19,20). The maximum atomic E-state index is 4.51. The van der Waals surface area contributed by atoms with Gasteiger partial charge in [-0.15, -0.1) is 0 Å². The van der Waals surface area contributed by atoms with E-state index >= 15 is 0 Å². The Hall–Kier alpha value is -1.09. The second-order valence-corrected chi connectivity index (χ2v) is 6.88. The number of hydrogen-bond acceptors (Lipinski definition) is 2. The van der Waals surface area contributed by atoms with Crippen LogP contribution < -0.4 is 5.32 Å². The summed E-state index contributed by atoms with van der Waals surface area (Å²) >= 11 is 3.60. The Labute approximate surface area is 130 Å². The van der Waals surface area contributed by atoms with Crippen LogP contribution in [0.1, 0.15) is 27.7 Å². The van der Waals surface area contributed by atoms with E-state index in [1.54, 1.807) is 0 Å². The van der Waals surface area contributed by atoms with Crippen LogP contribution in [0.25, 0.3) is 10.8 Å². The highest BCUT2D eigenvalue weighted by Crippen LogP contribution is 2.28. The number of nitrogens with one attached hydrogen (secondary N) is 1. The van der Waals surface area contributed by atoms with Crippen LogP contribution in [0.15, 0.2) is 34.9 Å². The molecule has 1 N–H and O–H groups in total. The number of hydrogen-bond donors (Lipinski definition) is 1. The molecule has 0 aliphatic heterocycles. The summed E-state index contributed by atoms with van der Waals surface area (Å²) in [7, 11) is 0. The predicted octanol–water partition coefficient (Wildman–Crippen LogP) is 5.34. The van der Waals surface area contributed by atoms with Crippen molar-refractivity contribution in [3.8, 4) is 0 Å². The molecule has 108 valence electrons. The summed E-state index contributed by atoms with van der Waals surface area (Å²) < 4.78 is 1.12. The average Bonchev–Trinajstić information content (AvgIpc) is 2.39. The van der Waals surface area contributed by atoms with Gasteiger partial charge < -0.3 is 5.32 Å². The average molecular weight is 335 g/mol. The fraction of sp³-hybridized carbons (Fsp3) is 0.471. The summed E-state index contributed by atoms with van der Waals surface area (Å²) in [4.78, 5) is 4.51. The molecule has 0 spiro atoms. The summed E-state index contributed by atoms with van der Waals surface area (Å²) in [6.07, 6.45) is 1.87. The quantitative estimate of drug-likeness (QED) is 0.798. The van der Waals surface area contributed by atoms with Crippen molar-refractivity contribution in [1.82, 2.24) is 4.98 Å². The minimum Gasteiger partial charge on any atom is -0.369 e. The van der Waals surface area contributed by atoms with Crippen molar-refractivity contribution < 1.29 is 0 Å². The van der Waals surface area contributed by atoms with Crippen molar-refractivity contribution in [2.45, 2.75) is 27.7 Å². The van der Waals surface area contributed by atoms with Gasteiger partial charge in [-0.3, -0.25) is 0 Å². The van der Waals surface area contributed by atoms with E-state index in [9.17, 15) is 0 Å². The van der Waals surface area contributed by atoms with Crippen molar-refractivity contribution in [2.75, 3.05) is 11.9 Å². The van der Waals surface area contributed by atoms with E-state index in [2.05, 4.69) is 72.1 Å². The lowest BCUT2D eigenvalue weighted by Gasteiger charge is -2.25. The van der Waals surface area contributed by atoms with Gasteiger partial charge in [0.05, 0.1) is 0 Å². The molecule has 0 fully saturated rings. The number of aromatic nitrogens is 1. The van der Waals surface area contributed by atoms with Gasteiger partial charge in [0.2, 0.25) is 0 Å². The van der Waals surface area contributed by atoms with Crippen molar-refractivity contribution in [3.05, 3.63) is 34.9 Å². The Morgan fingerprint density at radius 1 is 1.05 bits per heavy atom. The number of halogens is 1. The van der Waals surface area contributed by atoms with Crippen LogP contribution in [0, 0.1) is 17.8 Å². The molecule has 0 bridgehead atoms. The van der Waals surface area contributed by atoms with Gasteiger partial charge in [-0.1, -0.05) is 55.8 Å². The predicted molar refractivity (Wildman–Crippen MR) is 91.1 cm³/mol. The van der Waals surface area contributed by atoms with Crippen LogP contribution in [-0.2, 0) is 0 Å². The Balaban J connectivity index is 2.24. The summed E-state index contributed by atoms with van der Waals surface area (Å²) in [6, 6.07) is 8.29. The number of benzene rings is 1. The highest BCUT2D eigenvalue weighted by Gasteiger charge is 2.17. The van der Waals surface area contributed by atoms with Gasteiger partial charge >= 0.3 is 0 Å². The van der Waals surface area contributed by atoms with Crippen LogP contribution in [0.3, 0.4) is 0 Å². The lowest BCUT2D eigenvalue weighted by atomic mass is 9.85. The van der Waals surface area contributed by atoms with Crippen molar-refractivity contribution >= 4 is 32.5 Å². The van der Waals surface area contributed by atoms with Crippen molar-refractivity contribution in [3.63, 3.8) is 0 Å². The van der Waals surface area contributed by atoms with Gasteiger partial charge in [-0.2, -0.15) is 0 Å². The zero-order chi connectivity index (χ0) is 14.7. The first-order chi connectivity index (χ1) is 9.50. The molecular formula is C17H23BrN2. The number of fused-ring (bicyclic) bond motifs is 1. The number of anilines is 1. The molecule has 0 saturated carbocycles. The fourth-order valence-corrected chi connectivity index (χ4v) is 3.26.